The quantitative estimate of drug-likeness (QED) is 0.832. The Labute approximate surface area is 131 Å². The molecule has 0 aliphatic heterocycles. The fourth-order valence-electron chi connectivity index (χ4n) is 2.03. The monoisotopic (exact) mass is 349 g/mol. The summed E-state index contributed by atoms with van der Waals surface area (Å²) < 4.78 is 6.05. The summed E-state index contributed by atoms with van der Waals surface area (Å²) in [4.78, 5) is 10.9. The first-order valence-electron chi connectivity index (χ1n) is 6.50. The van der Waals surface area contributed by atoms with Crippen molar-refractivity contribution in [2.75, 3.05) is 19.0 Å². The maximum atomic E-state index is 10.9. The molecular formula is C16H16BrNO3. The Kier molecular flexibility index (Phi) is 5.22. The van der Waals surface area contributed by atoms with Gasteiger partial charge in [-0.3, -0.25) is 0 Å². The van der Waals surface area contributed by atoms with Gasteiger partial charge in [0.25, 0.3) is 0 Å². The van der Waals surface area contributed by atoms with Crippen LogP contribution in [0.5, 0.6) is 5.75 Å². The smallest absolute Gasteiger partial charge is 0.335 e. The van der Waals surface area contributed by atoms with E-state index >= 15 is 0 Å². The minimum absolute atomic E-state index is 0.261. The number of methoxy groups -OCH3 is 1. The van der Waals surface area contributed by atoms with E-state index in [-0.39, 0.29) is 5.56 Å². The molecule has 0 amide bonds. The molecule has 5 heteroatoms. The van der Waals surface area contributed by atoms with Crippen molar-refractivity contribution in [1.82, 2.24) is 0 Å². The summed E-state index contributed by atoms with van der Waals surface area (Å²) in [6.45, 7) is 0.728. The number of halogens is 1. The molecular weight excluding hydrogens is 334 g/mol. The molecule has 21 heavy (non-hydrogen) atoms. The fraction of sp³-hybridized carbons (Fsp3) is 0.188. The normalized spacial score (nSPS) is 10.2. The summed E-state index contributed by atoms with van der Waals surface area (Å²) in [7, 11) is 1.66. The van der Waals surface area contributed by atoms with Gasteiger partial charge in [0.2, 0.25) is 0 Å². The molecule has 0 heterocycles. The first-order chi connectivity index (χ1) is 10.1. The molecule has 0 unspecified atom stereocenters. The maximum Gasteiger partial charge on any atom is 0.335 e. The molecule has 0 saturated carbocycles. The van der Waals surface area contributed by atoms with Crippen LogP contribution >= 0.6 is 15.9 Å². The molecule has 0 bridgehead atoms. The molecule has 0 radical (unpaired) electrons. The second kappa shape index (κ2) is 7.13. The zero-order valence-electron chi connectivity index (χ0n) is 11.6. The van der Waals surface area contributed by atoms with Gasteiger partial charge in [-0.1, -0.05) is 18.2 Å². The van der Waals surface area contributed by atoms with E-state index in [4.69, 9.17) is 9.84 Å². The van der Waals surface area contributed by atoms with Crippen LogP contribution in [0.4, 0.5) is 5.69 Å². The number of anilines is 1. The highest BCUT2D eigenvalue weighted by Crippen LogP contribution is 2.24. The second-order valence-corrected chi connectivity index (χ2v) is 5.34. The van der Waals surface area contributed by atoms with Crippen molar-refractivity contribution < 1.29 is 14.6 Å². The van der Waals surface area contributed by atoms with Crippen molar-refractivity contribution in [1.29, 1.82) is 0 Å². The third-order valence-electron chi connectivity index (χ3n) is 3.12. The molecule has 2 aromatic carbocycles. The van der Waals surface area contributed by atoms with E-state index in [1.165, 1.54) is 0 Å². The lowest BCUT2D eigenvalue weighted by atomic mass is 10.1. The minimum Gasteiger partial charge on any atom is -0.496 e. The van der Waals surface area contributed by atoms with Crippen LogP contribution in [0.2, 0.25) is 0 Å². The third kappa shape index (κ3) is 3.98. The van der Waals surface area contributed by atoms with Gasteiger partial charge in [0.15, 0.2) is 0 Å². The van der Waals surface area contributed by atoms with Crippen LogP contribution in [0.1, 0.15) is 15.9 Å². The van der Waals surface area contributed by atoms with Gasteiger partial charge in [-0.05, 0) is 52.2 Å². The van der Waals surface area contributed by atoms with E-state index in [0.29, 0.717) is 0 Å². The standard InChI is InChI=1S/C16H16BrNO3/c1-21-15-5-3-2-4-11(15)8-9-18-14-7-6-12(16(19)20)10-13(14)17/h2-7,10,18H,8-9H2,1H3,(H,19,20). The zero-order valence-corrected chi connectivity index (χ0v) is 13.2. The predicted molar refractivity (Wildman–Crippen MR) is 86.3 cm³/mol. The van der Waals surface area contributed by atoms with E-state index in [9.17, 15) is 4.79 Å². The van der Waals surface area contributed by atoms with Crippen LogP contribution in [-0.2, 0) is 6.42 Å². The van der Waals surface area contributed by atoms with E-state index in [0.717, 1.165) is 34.4 Å². The number of rotatable bonds is 6. The predicted octanol–water partition coefficient (Wildman–Crippen LogP) is 3.81. The Morgan fingerprint density at radius 2 is 2.05 bits per heavy atom. The van der Waals surface area contributed by atoms with Crippen molar-refractivity contribution in [3.05, 3.63) is 58.1 Å². The molecule has 0 spiro atoms. The topological polar surface area (TPSA) is 58.6 Å². The maximum absolute atomic E-state index is 10.9. The summed E-state index contributed by atoms with van der Waals surface area (Å²) in [5, 5.41) is 12.2. The second-order valence-electron chi connectivity index (χ2n) is 4.49. The van der Waals surface area contributed by atoms with Gasteiger partial charge in [-0.25, -0.2) is 4.79 Å². The lowest BCUT2D eigenvalue weighted by Gasteiger charge is -2.11. The molecule has 0 aromatic heterocycles. The van der Waals surface area contributed by atoms with E-state index in [1.807, 2.05) is 24.3 Å². The summed E-state index contributed by atoms with van der Waals surface area (Å²) in [6.07, 6.45) is 0.817. The van der Waals surface area contributed by atoms with Gasteiger partial charge in [0.05, 0.1) is 12.7 Å². The lowest BCUT2D eigenvalue weighted by molar-refractivity contribution is 0.0697. The van der Waals surface area contributed by atoms with Gasteiger partial charge < -0.3 is 15.2 Å². The molecule has 0 atom stereocenters. The molecule has 110 valence electrons. The SMILES string of the molecule is COc1ccccc1CCNc1ccc(C(=O)O)cc1Br. The number of carboxylic acids is 1. The summed E-state index contributed by atoms with van der Waals surface area (Å²) in [5.74, 6) is -0.0594. The Hall–Kier alpha value is -2.01. The van der Waals surface area contributed by atoms with E-state index < -0.39 is 5.97 Å². The molecule has 2 N–H and O–H groups in total. The van der Waals surface area contributed by atoms with Crippen LogP contribution < -0.4 is 10.1 Å². The summed E-state index contributed by atoms with van der Waals surface area (Å²) in [6, 6.07) is 12.8. The molecule has 2 aromatic rings. The Bertz CT molecular complexity index is 643. The molecule has 0 fully saturated rings. The van der Waals surface area contributed by atoms with Crippen LogP contribution in [-0.4, -0.2) is 24.7 Å². The first kappa shape index (κ1) is 15.4. The van der Waals surface area contributed by atoms with Gasteiger partial charge in [0.1, 0.15) is 5.75 Å². The van der Waals surface area contributed by atoms with Crippen LogP contribution in [0.3, 0.4) is 0 Å². The van der Waals surface area contributed by atoms with Crippen molar-refractivity contribution in [3.8, 4) is 5.75 Å². The van der Waals surface area contributed by atoms with E-state index in [1.54, 1.807) is 25.3 Å². The van der Waals surface area contributed by atoms with Crippen molar-refractivity contribution in [2.45, 2.75) is 6.42 Å². The highest BCUT2D eigenvalue weighted by molar-refractivity contribution is 9.10. The van der Waals surface area contributed by atoms with Crippen LogP contribution in [0.15, 0.2) is 46.9 Å². The number of nitrogens with one attached hydrogen (secondary N) is 1. The first-order valence-corrected chi connectivity index (χ1v) is 7.29. The average Bonchev–Trinajstić information content (AvgIpc) is 2.49. The largest absolute Gasteiger partial charge is 0.496 e. The van der Waals surface area contributed by atoms with E-state index in [2.05, 4.69) is 21.2 Å². The Balaban J connectivity index is 1.99. The number of carboxylic acid groups (broad SMARTS) is 1. The van der Waals surface area contributed by atoms with Crippen molar-refractivity contribution in [3.63, 3.8) is 0 Å². The number of hydrogen-bond donors (Lipinski definition) is 2. The van der Waals surface area contributed by atoms with Gasteiger partial charge in [-0.2, -0.15) is 0 Å². The minimum atomic E-state index is -0.934. The molecule has 0 aliphatic rings. The van der Waals surface area contributed by atoms with Crippen molar-refractivity contribution >= 4 is 27.6 Å². The Morgan fingerprint density at radius 1 is 1.29 bits per heavy atom. The summed E-state index contributed by atoms with van der Waals surface area (Å²) in [5.41, 5.74) is 2.26. The zero-order chi connectivity index (χ0) is 15.2. The fourth-order valence-corrected chi connectivity index (χ4v) is 2.55. The van der Waals surface area contributed by atoms with Gasteiger partial charge >= 0.3 is 5.97 Å². The number of benzene rings is 2. The van der Waals surface area contributed by atoms with Crippen molar-refractivity contribution in [2.24, 2.45) is 0 Å². The lowest BCUT2D eigenvalue weighted by Crippen LogP contribution is -2.07. The van der Waals surface area contributed by atoms with Gasteiger partial charge in [-0.15, -0.1) is 0 Å². The molecule has 4 nitrogen and oxygen atoms in total. The number of carbonyl (C=O) groups is 1. The highest BCUT2D eigenvalue weighted by Gasteiger charge is 2.07. The third-order valence-corrected chi connectivity index (χ3v) is 3.77. The average molecular weight is 350 g/mol. The summed E-state index contributed by atoms with van der Waals surface area (Å²) >= 11 is 3.38. The number of aromatic carboxylic acids is 1. The molecule has 2 rings (SSSR count). The highest BCUT2D eigenvalue weighted by atomic mass is 79.9. The van der Waals surface area contributed by atoms with Crippen LogP contribution in [0.25, 0.3) is 0 Å². The van der Waals surface area contributed by atoms with Crippen LogP contribution in [0, 0.1) is 0 Å². The molecule has 0 saturated heterocycles. The number of hydrogen-bond acceptors (Lipinski definition) is 3. The number of ether oxygens (including phenoxy) is 1. The Morgan fingerprint density at radius 3 is 2.71 bits per heavy atom. The van der Waals surface area contributed by atoms with Gasteiger partial charge in [0, 0.05) is 16.7 Å². The number of para-hydroxylation sites is 1. The molecule has 0 aliphatic carbocycles.